The molecule has 2 atom stereocenters. The quantitative estimate of drug-likeness (QED) is 0.678. The number of hydrogen-bond acceptors (Lipinski definition) is 6. The van der Waals surface area contributed by atoms with Gasteiger partial charge >= 0.3 is 6.18 Å². The van der Waals surface area contributed by atoms with E-state index >= 15 is 0 Å². The van der Waals surface area contributed by atoms with Gasteiger partial charge in [0.25, 0.3) is 0 Å². The Morgan fingerprint density at radius 1 is 1.22 bits per heavy atom. The molecule has 172 valence electrons. The van der Waals surface area contributed by atoms with Crippen LogP contribution in [0.15, 0.2) is 23.2 Å². The van der Waals surface area contributed by atoms with Crippen LogP contribution in [-0.2, 0) is 16.0 Å². The van der Waals surface area contributed by atoms with Crippen LogP contribution in [0.4, 0.5) is 19.0 Å². The average molecular weight is 468 g/mol. The van der Waals surface area contributed by atoms with Gasteiger partial charge in [0, 0.05) is 25.0 Å². The van der Waals surface area contributed by atoms with E-state index in [4.69, 9.17) is 0 Å². The molecule has 32 heavy (non-hydrogen) atoms. The summed E-state index contributed by atoms with van der Waals surface area (Å²) in [5, 5.41) is 13.5. The lowest BCUT2D eigenvalue weighted by Gasteiger charge is -2.39. The van der Waals surface area contributed by atoms with Gasteiger partial charge in [-0.05, 0) is 42.2 Å². The van der Waals surface area contributed by atoms with E-state index in [1.54, 1.807) is 6.07 Å². The van der Waals surface area contributed by atoms with Crippen LogP contribution in [0.2, 0.25) is 0 Å². The molecule has 1 saturated carbocycles. The van der Waals surface area contributed by atoms with Crippen LogP contribution in [0.3, 0.4) is 0 Å². The van der Waals surface area contributed by atoms with Gasteiger partial charge in [0.1, 0.15) is 11.6 Å². The van der Waals surface area contributed by atoms with Gasteiger partial charge in [-0.3, -0.25) is 0 Å². The Kier molecular flexibility index (Phi) is 4.90. The highest BCUT2D eigenvalue weighted by atomic mass is 32.2. The molecule has 0 amide bonds. The molecule has 2 aliphatic rings. The van der Waals surface area contributed by atoms with E-state index in [1.165, 1.54) is 12.1 Å². The number of alkyl halides is 3. The monoisotopic (exact) mass is 467 g/mol. The molecule has 0 N–H and O–H groups in total. The van der Waals surface area contributed by atoms with E-state index < -0.39 is 27.3 Å². The zero-order valence-electron chi connectivity index (χ0n) is 18.2. The third-order valence-electron chi connectivity index (χ3n) is 6.29. The summed E-state index contributed by atoms with van der Waals surface area (Å²) in [7, 11) is -3.53. The molecule has 2 fully saturated rings. The van der Waals surface area contributed by atoms with Crippen molar-refractivity contribution in [1.82, 2.24) is 14.8 Å². The lowest BCUT2D eigenvalue weighted by molar-refractivity contribution is -0.141. The zero-order valence-corrected chi connectivity index (χ0v) is 19.0. The van der Waals surface area contributed by atoms with Gasteiger partial charge in [-0.15, -0.1) is 0 Å². The first-order chi connectivity index (χ1) is 14.6. The maximum atomic E-state index is 13.8. The Labute approximate surface area is 184 Å². The highest BCUT2D eigenvalue weighted by Gasteiger charge is 2.52. The van der Waals surface area contributed by atoms with E-state index in [0.717, 1.165) is 36.4 Å². The number of aromatic nitrogens is 3. The van der Waals surface area contributed by atoms with Gasteiger partial charge in [0.15, 0.2) is 27.2 Å². The highest BCUT2D eigenvalue weighted by Crippen LogP contribution is 2.54. The summed E-state index contributed by atoms with van der Waals surface area (Å²) in [4.78, 5) is 5.87. The van der Waals surface area contributed by atoms with Crippen molar-refractivity contribution in [2.45, 2.75) is 57.1 Å². The summed E-state index contributed by atoms with van der Waals surface area (Å²) < 4.78 is 65.9. The summed E-state index contributed by atoms with van der Waals surface area (Å²) in [6, 6.07) is 4.26. The van der Waals surface area contributed by atoms with E-state index in [9.17, 15) is 26.9 Å². The molecule has 7 nitrogen and oxygen atoms in total. The number of sulfone groups is 1. The molecule has 0 radical (unpaired) electrons. The molecule has 4 rings (SSSR count). The Hall–Kier alpha value is -2.61. The molecule has 1 saturated heterocycles. The van der Waals surface area contributed by atoms with Gasteiger partial charge in [0.05, 0.1) is 4.90 Å². The van der Waals surface area contributed by atoms with E-state index in [1.807, 2.05) is 4.90 Å². The van der Waals surface area contributed by atoms with Gasteiger partial charge in [-0.1, -0.05) is 20.8 Å². The second kappa shape index (κ2) is 6.94. The largest absolute Gasteiger partial charge is 0.436 e. The van der Waals surface area contributed by atoms with Crippen LogP contribution in [0, 0.1) is 22.2 Å². The first-order valence-corrected chi connectivity index (χ1v) is 12.1. The van der Waals surface area contributed by atoms with Crippen molar-refractivity contribution in [3.05, 3.63) is 29.6 Å². The third-order valence-corrected chi connectivity index (χ3v) is 7.39. The number of fused-ring (bicyclic) bond motifs is 2. The normalized spacial score (nSPS) is 25.1. The molecule has 2 unspecified atom stereocenters. The van der Waals surface area contributed by atoms with Crippen LogP contribution in [0.25, 0.3) is 5.82 Å². The number of nitrogens with zero attached hydrogens (tertiary/aromatic N) is 5. The van der Waals surface area contributed by atoms with Crippen LogP contribution >= 0.6 is 0 Å². The highest BCUT2D eigenvalue weighted by molar-refractivity contribution is 7.90. The molecule has 0 aromatic carbocycles. The molecule has 2 aromatic heterocycles. The Balaban J connectivity index is 1.91. The van der Waals surface area contributed by atoms with Crippen LogP contribution in [0.5, 0.6) is 0 Å². The molecular formula is C21H24F3N5O2S. The van der Waals surface area contributed by atoms with Crippen molar-refractivity contribution < 1.29 is 21.6 Å². The minimum absolute atomic E-state index is 0.0188. The lowest BCUT2D eigenvalue weighted by Crippen LogP contribution is -2.35. The summed E-state index contributed by atoms with van der Waals surface area (Å²) in [6.07, 6.45) is -0.200. The fourth-order valence-electron chi connectivity index (χ4n) is 5.56. The number of anilines is 1. The predicted octanol–water partition coefficient (Wildman–Crippen LogP) is 3.97. The SMILES string of the molecule is CC1(C)CC2CC(C)(CN2c2c(C#N)c(C(F)(F)F)nn2-c2ccc(S(C)(=O)=O)cn2)C1. The van der Waals surface area contributed by atoms with Crippen molar-refractivity contribution in [2.24, 2.45) is 10.8 Å². The summed E-state index contributed by atoms with van der Waals surface area (Å²) in [5.74, 6) is 0.0797. The van der Waals surface area contributed by atoms with E-state index in [2.05, 4.69) is 30.9 Å². The molecule has 2 bridgehead atoms. The number of rotatable bonds is 3. The smallest absolute Gasteiger partial charge is 0.352 e. The Morgan fingerprint density at radius 3 is 2.44 bits per heavy atom. The van der Waals surface area contributed by atoms with Crippen LogP contribution in [-0.4, -0.2) is 42.0 Å². The van der Waals surface area contributed by atoms with Crippen molar-refractivity contribution in [3.63, 3.8) is 0 Å². The first-order valence-electron chi connectivity index (χ1n) is 10.2. The number of halogens is 3. The lowest BCUT2D eigenvalue weighted by atomic mass is 9.65. The molecular weight excluding hydrogens is 443 g/mol. The Morgan fingerprint density at radius 2 is 1.91 bits per heavy atom. The minimum Gasteiger partial charge on any atom is -0.352 e. The van der Waals surface area contributed by atoms with Crippen molar-refractivity contribution in [2.75, 3.05) is 17.7 Å². The van der Waals surface area contributed by atoms with Gasteiger partial charge in [-0.25, -0.2) is 13.4 Å². The van der Waals surface area contributed by atoms with Crippen molar-refractivity contribution >= 4 is 15.7 Å². The van der Waals surface area contributed by atoms with E-state index in [0.29, 0.717) is 6.54 Å². The zero-order chi connectivity index (χ0) is 23.7. The molecule has 0 spiro atoms. The molecule has 1 aliphatic heterocycles. The Bertz CT molecular complexity index is 1210. The third kappa shape index (κ3) is 3.85. The topological polar surface area (TPSA) is 91.9 Å². The van der Waals surface area contributed by atoms with Crippen molar-refractivity contribution in [3.8, 4) is 11.9 Å². The second-order valence-electron chi connectivity index (χ2n) is 10.0. The van der Waals surface area contributed by atoms with Crippen LogP contribution < -0.4 is 4.90 Å². The fraction of sp³-hybridized carbons (Fsp3) is 0.571. The van der Waals surface area contributed by atoms with Crippen LogP contribution in [0.1, 0.15) is 51.3 Å². The van der Waals surface area contributed by atoms with Crippen molar-refractivity contribution in [1.29, 1.82) is 5.26 Å². The fourth-order valence-corrected chi connectivity index (χ4v) is 6.12. The predicted molar refractivity (Wildman–Crippen MR) is 111 cm³/mol. The standard InChI is InChI=1S/C21H24F3N5O2S/c1-19(2)7-13-8-20(3,11-19)12-28(13)18-15(9-25)17(21(22,23)24)27-29(18)16-6-5-14(10-26-16)32(4,30)31/h5-6,10,13H,7-8,11-12H2,1-4H3. The molecule has 2 aromatic rings. The van der Waals surface area contributed by atoms with Gasteiger partial charge in [0.2, 0.25) is 0 Å². The second-order valence-corrected chi connectivity index (χ2v) is 12.1. The average Bonchev–Trinajstić information content (AvgIpc) is 3.14. The minimum atomic E-state index is -4.82. The molecule has 11 heteroatoms. The number of pyridine rings is 1. The summed E-state index contributed by atoms with van der Waals surface area (Å²) in [5.41, 5.74) is -1.89. The first kappa shape index (κ1) is 22.6. The number of hydrogen-bond donors (Lipinski definition) is 0. The molecule has 3 heterocycles. The van der Waals surface area contributed by atoms with Gasteiger partial charge in [-0.2, -0.15) is 28.2 Å². The number of nitriles is 1. The summed E-state index contributed by atoms with van der Waals surface area (Å²) >= 11 is 0. The molecule has 1 aliphatic carbocycles. The maximum absolute atomic E-state index is 13.8. The maximum Gasteiger partial charge on any atom is 0.436 e. The summed E-state index contributed by atoms with van der Waals surface area (Å²) in [6.45, 7) is 6.92. The van der Waals surface area contributed by atoms with E-state index in [-0.39, 0.29) is 33.4 Å². The van der Waals surface area contributed by atoms with Gasteiger partial charge < -0.3 is 4.90 Å².